The Morgan fingerprint density at radius 1 is 1.22 bits per heavy atom. The summed E-state index contributed by atoms with van der Waals surface area (Å²) >= 11 is 0. The summed E-state index contributed by atoms with van der Waals surface area (Å²) in [5.41, 5.74) is 1.08. The molecule has 6 nitrogen and oxygen atoms in total. The Bertz CT molecular complexity index is 722. The van der Waals surface area contributed by atoms with Gasteiger partial charge in [0, 0.05) is 17.8 Å². The molecule has 0 atom stereocenters. The summed E-state index contributed by atoms with van der Waals surface area (Å²) in [6, 6.07) is 8.99. The van der Waals surface area contributed by atoms with Crippen LogP contribution in [-0.2, 0) is 0 Å². The van der Waals surface area contributed by atoms with E-state index in [2.05, 4.69) is 10.1 Å². The van der Waals surface area contributed by atoms with Gasteiger partial charge in [0.25, 0.3) is 0 Å². The van der Waals surface area contributed by atoms with E-state index in [0.717, 1.165) is 0 Å². The number of nitrogens with zero attached hydrogens (tertiary/aromatic N) is 4. The van der Waals surface area contributed by atoms with Crippen molar-refractivity contribution in [3.05, 3.63) is 59.0 Å². The van der Waals surface area contributed by atoms with Crippen LogP contribution in [0.25, 0.3) is 16.6 Å². The summed E-state index contributed by atoms with van der Waals surface area (Å²) < 4.78 is 1.49. The highest BCUT2D eigenvalue weighted by Crippen LogP contribution is 2.28. The number of aromatic nitrogens is 3. The topological polar surface area (TPSA) is 73.8 Å². The highest BCUT2D eigenvalue weighted by Gasteiger charge is 2.19. The predicted octanol–water partition coefficient (Wildman–Crippen LogP) is 2.33. The molecule has 0 aliphatic heterocycles. The molecule has 0 fully saturated rings. The van der Waals surface area contributed by atoms with Crippen LogP contribution in [0.3, 0.4) is 0 Å². The third-order valence-electron chi connectivity index (χ3n) is 2.66. The number of rotatable bonds is 2. The first-order valence-corrected chi connectivity index (χ1v) is 5.29. The Morgan fingerprint density at radius 2 is 2.06 bits per heavy atom. The van der Waals surface area contributed by atoms with Crippen LogP contribution in [0.1, 0.15) is 0 Å². The SMILES string of the molecule is O=[N+]([O-])c1cnc2ccccc2c1-n1cccn1. The van der Waals surface area contributed by atoms with Gasteiger partial charge in [0.2, 0.25) is 0 Å². The van der Waals surface area contributed by atoms with E-state index in [0.29, 0.717) is 16.6 Å². The van der Waals surface area contributed by atoms with Crippen LogP contribution in [0.4, 0.5) is 5.69 Å². The monoisotopic (exact) mass is 240 g/mol. The smallest absolute Gasteiger partial charge is 0.258 e. The second kappa shape index (κ2) is 3.92. The van der Waals surface area contributed by atoms with Crippen LogP contribution in [0.2, 0.25) is 0 Å². The number of benzene rings is 1. The molecule has 0 amide bonds. The maximum Gasteiger partial charge on any atom is 0.313 e. The molecule has 3 aromatic rings. The number of pyridine rings is 1. The molecule has 2 aromatic heterocycles. The lowest BCUT2D eigenvalue weighted by Crippen LogP contribution is -2.02. The molecule has 88 valence electrons. The maximum atomic E-state index is 11.1. The third-order valence-corrected chi connectivity index (χ3v) is 2.66. The average molecular weight is 240 g/mol. The van der Waals surface area contributed by atoms with E-state index in [-0.39, 0.29) is 5.69 Å². The van der Waals surface area contributed by atoms with Crippen molar-refractivity contribution in [3.63, 3.8) is 0 Å². The normalized spacial score (nSPS) is 10.7. The predicted molar refractivity (Wildman–Crippen MR) is 65.5 cm³/mol. The van der Waals surface area contributed by atoms with E-state index >= 15 is 0 Å². The molecule has 18 heavy (non-hydrogen) atoms. The number of nitro groups is 1. The van der Waals surface area contributed by atoms with E-state index in [1.54, 1.807) is 24.5 Å². The van der Waals surface area contributed by atoms with Gasteiger partial charge in [0.1, 0.15) is 6.20 Å². The summed E-state index contributed by atoms with van der Waals surface area (Å²) in [4.78, 5) is 14.7. The molecule has 6 heteroatoms. The van der Waals surface area contributed by atoms with Crippen molar-refractivity contribution in [1.29, 1.82) is 0 Å². The van der Waals surface area contributed by atoms with Crippen molar-refractivity contribution in [3.8, 4) is 5.69 Å². The molecule has 0 saturated heterocycles. The lowest BCUT2D eigenvalue weighted by Gasteiger charge is -2.06. The largest absolute Gasteiger partial charge is 0.313 e. The van der Waals surface area contributed by atoms with Crippen LogP contribution in [0.15, 0.2) is 48.9 Å². The second-order valence-electron chi connectivity index (χ2n) is 3.72. The molecule has 0 saturated carbocycles. The van der Waals surface area contributed by atoms with Crippen LogP contribution in [0.5, 0.6) is 0 Å². The standard InChI is InChI=1S/C12H8N4O2/c17-16(18)11-8-13-10-5-2-1-4-9(10)12(11)15-7-3-6-14-15/h1-8H. The first-order chi connectivity index (χ1) is 8.77. The quantitative estimate of drug-likeness (QED) is 0.509. The minimum Gasteiger partial charge on any atom is -0.258 e. The average Bonchev–Trinajstić information content (AvgIpc) is 2.90. The Hall–Kier alpha value is -2.76. The van der Waals surface area contributed by atoms with Gasteiger partial charge in [-0.25, -0.2) is 9.67 Å². The van der Waals surface area contributed by atoms with Crippen LogP contribution < -0.4 is 0 Å². The summed E-state index contributed by atoms with van der Waals surface area (Å²) in [6.07, 6.45) is 4.52. The molecule has 1 aromatic carbocycles. The minimum atomic E-state index is -0.448. The minimum absolute atomic E-state index is 0.0580. The van der Waals surface area contributed by atoms with Crippen molar-refractivity contribution in [2.24, 2.45) is 0 Å². The van der Waals surface area contributed by atoms with Gasteiger partial charge in [-0.05, 0) is 12.1 Å². The molecule has 0 spiro atoms. The third kappa shape index (κ3) is 1.51. The Balaban J connectivity index is 2.43. The summed E-state index contributed by atoms with van der Waals surface area (Å²) in [5.74, 6) is 0. The van der Waals surface area contributed by atoms with Crippen molar-refractivity contribution in [2.75, 3.05) is 0 Å². The van der Waals surface area contributed by atoms with Crippen molar-refractivity contribution < 1.29 is 4.92 Å². The summed E-state index contributed by atoms with van der Waals surface area (Å²) in [5, 5.41) is 15.9. The Kier molecular flexibility index (Phi) is 2.26. The molecule has 0 aliphatic rings. The van der Waals surface area contributed by atoms with E-state index in [1.807, 2.05) is 18.2 Å². The number of fused-ring (bicyclic) bond motifs is 1. The Labute approximate surface area is 102 Å². The van der Waals surface area contributed by atoms with Gasteiger partial charge in [0.05, 0.1) is 10.4 Å². The van der Waals surface area contributed by atoms with E-state index < -0.39 is 4.92 Å². The summed E-state index contributed by atoms with van der Waals surface area (Å²) in [7, 11) is 0. The van der Waals surface area contributed by atoms with Crippen LogP contribution in [0, 0.1) is 10.1 Å². The van der Waals surface area contributed by atoms with Crippen molar-refractivity contribution in [1.82, 2.24) is 14.8 Å². The zero-order valence-corrected chi connectivity index (χ0v) is 9.22. The highest BCUT2D eigenvalue weighted by molar-refractivity contribution is 5.90. The van der Waals surface area contributed by atoms with Crippen molar-refractivity contribution >= 4 is 16.6 Å². The molecule has 0 unspecified atom stereocenters. The zero-order chi connectivity index (χ0) is 12.5. The zero-order valence-electron chi connectivity index (χ0n) is 9.22. The first-order valence-electron chi connectivity index (χ1n) is 5.29. The van der Waals surface area contributed by atoms with E-state index in [9.17, 15) is 10.1 Å². The van der Waals surface area contributed by atoms with Gasteiger partial charge < -0.3 is 0 Å². The molecule has 0 bridgehead atoms. The molecular formula is C12H8N4O2. The van der Waals surface area contributed by atoms with Crippen LogP contribution in [-0.4, -0.2) is 19.7 Å². The number of hydrogen-bond acceptors (Lipinski definition) is 4. The van der Waals surface area contributed by atoms with Gasteiger partial charge in [-0.3, -0.25) is 10.1 Å². The van der Waals surface area contributed by atoms with Gasteiger partial charge in [-0.2, -0.15) is 5.10 Å². The summed E-state index contributed by atoms with van der Waals surface area (Å²) in [6.45, 7) is 0. The van der Waals surface area contributed by atoms with Crippen LogP contribution >= 0.6 is 0 Å². The highest BCUT2D eigenvalue weighted by atomic mass is 16.6. The lowest BCUT2D eigenvalue weighted by molar-refractivity contribution is -0.384. The molecule has 2 heterocycles. The molecular weight excluding hydrogens is 232 g/mol. The molecule has 0 N–H and O–H groups in total. The van der Waals surface area contributed by atoms with Gasteiger partial charge >= 0.3 is 5.69 Å². The van der Waals surface area contributed by atoms with E-state index in [1.165, 1.54) is 10.9 Å². The van der Waals surface area contributed by atoms with Gasteiger partial charge in [-0.1, -0.05) is 18.2 Å². The molecule has 0 radical (unpaired) electrons. The van der Waals surface area contributed by atoms with E-state index in [4.69, 9.17) is 0 Å². The fourth-order valence-electron chi connectivity index (χ4n) is 1.89. The lowest BCUT2D eigenvalue weighted by atomic mass is 10.1. The number of para-hydroxylation sites is 1. The molecule has 0 aliphatic carbocycles. The molecule has 3 rings (SSSR count). The second-order valence-corrected chi connectivity index (χ2v) is 3.72. The van der Waals surface area contributed by atoms with Crippen molar-refractivity contribution in [2.45, 2.75) is 0 Å². The number of hydrogen-bond donors (Lipinski definition) is 0. The Morgan fingerprint density at radius 3 is 2.78 bits per heavy atom. The fraction of sp³-hybridized carbons (Fsp3) is 0. The van der Waals surface area contributed by atoms with Gasteiger partial charge in [-0.15, -0.1) is 0 Å². The maximum absolute atomic E-state index is 11.1. The fourth-order valence-corrected chi connectivity index (χ4v) is 1.89. The van der Waals surface area contributed by atoms with Gasteiger partial charge in [0.15, 0.2) is 5.69 Å². The first kappa shape index (κ1) is 10.4.